The first-order valence-electron chi connectivity index (χ1n) is 18.0. The summed E-state index contributed by atoms with van der Waals surface area (Å²) in [6.07, 6.45) is 19.9. The van der Waals surface area contributed by atoms with Gasteiger partial charge in [-0.15, -0.1) is 0 Å². The molecule has 0 amide bonds. The largest absolute Gasteiger partial charge is 0.508 e. The lowest BCUT2D eigenvalue weighted by molar-refractivity contribution is -0.135. The second-order valence-electron chi connectivity index (χ2n) is 15.1. The summed E-state index contributed by atoms with van der Waals surface area (Å²) in [4.78, 5) is 28.0. The van der Waals surface area contributed by atoms with Crippen molar-refractivity contribution in [2.24, 2.45) is 40.9 Å². The molecule has 5 heteroatoms. The highest BCUT2D eigenvalue weighted by Gasteiger charge is 2.68. The Labute approximate surface area is 268 Å². The maximum atomic E-state index is 14.1. The molecule has 7 aliphatic rings. The number of carbonyl (C=O) groups is 2. The van der Waals surface area contributed by atoms with E-state index in [9.17, 15) is 14.7 Å². The number of allylic oxidation sites excluding steroid dienone is 5. The van der Waals surface area contributed by atoms with Gasteiger partial charge in [-0.2, -0.15) is 0 Å². The van der Waals surface area contributed by atoms with Crippen molar-refractivity contribution in [3.05, 3.63) is 70.2 Å². The number of aromatic hydroxyl groups is 1. The van der Waals surface area contributed by atoms with Gasteiger partial charge in [-0.05, 0) is 116 Å². The Morgan fingerprint density at radius 1 is 1.00 bits per heavy atom. The Morgan fingerprint density at radius 3 is 2.58 bits per heavy atom. The van der Waals surface area contributed by atoms with Gasteiger partial charge in [0.2, 0.25) is 0 Å². The number of benzene rings is 1. The molecule has 1 aromatic carbocycles. The smallest absolute Gasteiger partial charge is 0.340 e. The number of carbonyl (C=O) groups excluding carboxylic acids is 2. The van der Waals surface area contributed by atoms with E-state index in [0.29, 0.717) is 11.8 Å². The quantitative estimate of drug-likeness (QED) is 0.282. The fourth-order valence-corrected chi connectivity index (χ4v) is 10.0. The molecular formula is C40H50O5. The van der Waals surface area contributed by atoms with Gasteiger partial charge in [-0.1, -0.05) is 71.4 Å². The normalized spacial score (nSPS) is 31.9. The summed E-state index contributed by atoms with van der Waals surface area (Å²) in [6, 6.07) is 7.35. The number of hydrogen-bond donors (Lipinski definition) is 1. The Balaban J connectivity index is 1.33. The Kier molecular flexibility index (Phi) is 8.33. The van der Waals surface area contributed by atoms with Crippen molar-refractivity contribution in [3.8, 4) is 5.75 Å². The van der Waals surface area contributed by atoms with Crippen LogP contribution in [0.3, 0.4) is 0 Å². The fraction of sp³-hybridized carbons (Fsp3) is 0.600. The third-order valence-corrected chi connectivity index (χ3v) is 12.2. The number of cyclic esters (lactones) is 2. The fourth-order valence-electron chi connectivity index (χ4n) is 10.0. The first kappa shape index (κ1) is 30.6. The van der Waals surface area contributed by atoms with Crippen molar-refractivity contribution >= 4 is 17.5 Å². The molecule has 8 rings (SSSR count). The van der Waals surface area contributed by atoms with Crippen LogP contribution in [0, 0.1) is 40.9 Å². The minimum atomic E-state index is -0.680. The van der Waals surface area contributed by atoms with Crippen molar-refractivity contribution < 1.29 is 24.2 Å². The first-order chi connectivity index (χ1) is 21.8. The van der Waals surface area contributed by atoms with Crippen LogP contribution in [0.15, 0.2) is 64.7 Å². The summed E-state index contributed by atoms with van der Waals surface area (Å²) in [5.74, 6) is 3.15. The van der Waals surface area contributed by atoms with Crippen LogP contribution in [0.1, 0.15) is 116 Å². The van der Waals surface area contributed by atoms with E-state index in [1.807, 2.05) is 12.1 Å². The number of ether oxygens (including phenoxy) is 2. The number of phenolic OH excluding ortho intramolecular Hbond substituents is 1. The van der Waals surface area contributed by atoms with Crippen LogP contribution in [0.2, 0.25) is 0 Å². The van der Waals surface area contributed by atoms with E-state index in [1.165, 1.54) is 32.1 Å². The van der Waals surface area contributed by atoms with Gasteiger partial charge >= 0.3 is 11.9 Å². The molecule has 240 valence electrons. The molecule has 2 aliphatic heterocycles. The standard InChI is InChI=1S/C40H50O5/c1-4-25(17-16-24(2)3)22-33-40-21-20-29(34(37(40)39(43)45-33)27-13-9-14-28(41)23-27)30-18-19-31-32(44-38(42)35(31)36(30)40)15-8-12-26-10-6-5-7-11-26/h9,13-15,22-26,29-30,36,41H,4-8,10-12,16-21H2,1-3H3/t25-,29+,30+,36+,40+/m0/s1. The van der Waals surface area contributed by atoms with Crippen molar-refractivity contribution in [1.82, 2.24) is 0 Å². The van der Waals surface area contributed by atoms with Crippen molar-refractivity contribution in [1.29, 1.82) is 0 Å². The highest BCUT2D eigenvalue weighted by Crippen LogP contribution is 2.71. The highest BCUT2D eigenvalue weighted by molar-refractivity contribution is 6.06. The van der Waals surface area contributed by atoms with E-state index in [-0.39, 0.29) is 35.4 Å². The summed E-state index contributed by atoms with van der Waals surface area (Å²) < 4.78 is 12.5. The second kappa shape index (κ2) is 12.3. The monoisotopic (exact) mass is 610 g/mol. The van der Waals surface area contributed by atoms with E-state index in [4.69, 9.17) is 9.47 Å². The molecule has 2 saturated carbocycles. The third-order valence-electron chi connectivity index (χ3n) is 12.2. The van der Waals surface area contributed by atoms with Crippen LogP contribution >= 0.6 is 0 Å². The van der Waals surface area contributed by atoms with Crippen LogP contribution in [0.4, 0.5) is 0 Å². The third kappa shape index (κ3) is 5.22. The summed E-state index contributed by atoms with van der Waals surface area (Å²) in [5.41, 5.74) is 3.87. The van der Waals surface area contributed by atoms with Crippen LogP contribution < -0.4 is 0 Å². The van der Waals surface area contributed by atoms with Gasteiger partial charge in [0, 0.05) is 17.1 Å². The van der Waals surface area contributed by atoms with E-state index in [0.717, 1.165) is 103 Å². The number of hydrogen-bond acceptors (Lipinski definition) is 5. The molecule has 2 bridgehead atoms. The van der Waals surface area contributed by atoms with E-state index in [2.05, 4.69) is 32.9 Å². The van der Waals surface area contributed by atoms with E-state index >= 15 is 0 Å². The number of esters is 2. The van der Waals surface area contributed by atoms with Crippen LogP contribution in [-0.4, -0.2) is 17.0 Å². The zero-order valence-electron chi connectivity index (χ0n) is 27.4. The predicted octanol–water partition coefficient (Wildman–Crippen LogP) is 9.58. The Morgan fingerprint density at radius 2 is 1.82 bits per heavy atom. The van der Waals surface area contributed by atoms with Gasteiger partial charge < -0.3 is 14.6 Å². The lowest BCUT2D eigenvalue weighted by atomic mass is 9.44. The molecule has 1 N–H and O–H groups in total. The Hall–Kier alpha value is -3.08. The molecule has 45 heavy (non-hydrogen) atoms. The zero-order valence-corrected chi connectivity index (χ0v) is 27.4. The summed E-state index contributed by atoms with van der Waals surface area (Å²) in [7, 11) is 0. The summed E-state index contributed by atoms with van der Waals surface area (Å²) in [5, 5.41) is 10.5. The minimum Gasteiger partial charge on any atom is -0.508 e. The van der Waals surface area contributed by atoms with Gasteiger partial charge in [0.1, 0.15) is 17.3 Å². The molecule has 2 heterocycles. The van der Waals surface area contributed by atoms with E-state index < -0.39 is 5.41 Å². The number of phenols is 1. The maximum absolute atomic E-state index is 14.1. The van der Waals surface area contributed by atoms with Crippen LogP contribution in [0.5, 0.6) is 5.75 Å². The topological polar surface area (TPSA) is 72.8 Å². The Bertz CT molecular complexity index is 1480. The minimum absolute atomic E-state index is 0.129. The molecular weight excluding hydrogens is 560 g/mol. The maximum Gasteiger partial charge on any atom is 0.340 e. The molecule has 5 aliphatic carbocycles. The average Bonchev–Trinajstić information content (AvgIpc) is 3.52. The lowest BCUT2D eigenvalue weighted by Gasteiger charge is -2.56. The van der Waals surface area contributed by atoms with Crippen molar-refractivity contribution in [3.63, 3.8) is 0 Å². The lowest BCUT2D eigenvalue weighted by Crippen LogP contribution is -2.52. The average molecular weight is 611 g/mol. The molecule has 1 saturated heterocycles. The SMILES string of the molecule is CC[C@H](C=C1OC(=O)C2=C(c3cccc(O)c3)[C@@H]3CC[C@]12[C@H]1C2=C(CC[C@H]31)C(=CCCC1CCCCC1)OC2=O)CCC(C)C. The van der Waals surface area contributed by atoms with Gasteiger partial charge in [0.05, 0.1) is 11.0 Å². The van der Waals surface area contributed by atoms with Gasteiger partial charge in [-0.25, -0.2) is 9.59 Å². The predicted molar refractivity (Wildman–Crippen MR) is 175 cm³/mol. The zero-order chi connectivity index (χ0) is 31.3. The molecule has 1 aromatic rings. The molecule has 0 aromatic heterocycles. The van der Waals surface area contributed by atoms with Crippen molar-refractivity contribution in [2.75, 3.05) is 0 Å². The molecule has 3 fully saturated rings. The molecule has 5 atom stereocenters. The second-order valence-corrected chi connectivity index (χ2v) is 15.1. The van der Waals surface area contributed by atoms with Gasteiger partial charge in [-0.3, -0.25) is 0 Å². The van der Waals surface area contributed by atoms with Gasteiger partial charge in [0.25, 0.3) is 0 Å². The molecule has 5 nitrogen and oxygen atoms in total. The van der Waals surface area contributed by atoms with Crippen LogP contribution in [0.25, 0.3) is 5.57 Å². The van der Waals surface area contributed by atoms with Gasteiger partial charge in [0.15, 0.2) is 0 Å². The van der Waals surface area contributed by atoms with E-state index in [1.54, 1.807) is 12.1 Å². The molecule has 0 unspecified atom stereocenters. The summed E-state index contributed by atoms with van der Waals surface area (Å²) in [6.45, 7) is 6.73. The molecule has 1 spiro atoms. The first-order valence-corrected chi connectivity index (χ1v) is 18.0. The number of rotatable bonds is 9. The highest BCUT2D eigenvalue weighted by atomic mass is 16.5. The van der Waals surface area contributed by atoms with Crippen molar-refractivity contribution in [2.45, 2.75) is 111 Å². The molecule has 0 radical (unpaired) electrons. The number of fused-ring (bicyclic) bond motifs is 1. The summed E-state index contributed by atoms with van der Waals surface area (Å²) >= 11 is 0. The van der Waals surface area contributed by atoms with Crippen LogP contribution in [-0.2, 0) is 19.1 Å².